The Labute approximate surface area is 109 Å². The van der Waals surface area contributed by atoms with Gasteiger partial charge in [-0.15, -0.1) is 0 Å². The van der Waals surface area contributed by atoms with Gasteiger partial charge in [0.1, 0.15) is 11.3 Å². The lowest BCUT2D eigenvalue weighted by molar-refractivity contribution is 0.357. The van der Waals surface area contributed by atoms with Crippen LogP contribution in [0.15, 0.2) is 12.1 Å². The maximum absolute atomic E-state index is 13.7. The lowest BCUT2D eigenvalue weighted by Crippen LogP contribution is -2.12. The smallest absolute Gasteiger partial charge is 0.178 e. The molecule has 0 unspecified atom stereocenters. The summed E-state index contributed by atoms with van der Waals surface area (Å²) in [7, 11) is 0. The number of benzene rings is 1. The van der Waals surface area contributed by atoms with Gasteiger partial charge in [-0.3, -0.25) is 0 Å². The van der Waals surface area contributed by atoms with Crippen molar-refractivity contribution in [2.75, 3.05) is 0 Å². The first-order valence-corrected chi connectivity index (χ1v) is 6.67. The molecule has 1 aromatic carbocycles. The second-order valence-corrected chi connectivity index (χ2v) is 5.26. The molecule has 1 N–H and O–H groups in total. The number of hydrogen-bond donors (Lipinski definition) is 1. The Morgan fingerprint density at radius 2 is 1.89 bits per heavy atom. The third kappa shape index (κ3) is 1.86. The first kappa shape index (κ1) is 11.8. The van der Waals surface area contributed by atoms with Gasteiger partial charge < -0.3 is 9.55 Å². The summed E-state index contributed by atoms with van der Waals surface area (Å²) in [6.07, 6.45) is 5.58. The number of fused-ring (bicyclic) bond motifs is 1. The van der Waals surface area contributed by atoms with Crippen LogP contribution >= 0.6 is 12.2 Å². The Bertz CT molecular complexity index is 638. The number of nitrogens with one attached hydrogen (secondary N) is 1. The zero-order chi connectivity index (χ0) is 12.7. The molecule has 0 aliphatic heterocycles. The van der Waals surface area contributed by atoms with E-state index in [1.807, 2.05) is 4.57 Å². The van der Waals surface area contributed by atoms with Crippen molar-refractivity contribution in [1.82, 2.24) is 9.55 Å². The normalized spacial score (nSPS) is 17.4. The molecule has 96 valence electrons. The van der Waals surface area contributed by atoms with Gasteiger partial charge in [0.2, 0.25) is 0 Å². The van der Waals surface area contributed by atoms with E-state index in [1.165, 1.54) is 12.5 Å². The minimum absolute atomic E-state index is 0.265. The Kier molecular flexibility index (Phi) is 2.93. The standard InChI is InChI=1S/C13H14F2N2S/c14-8-6-10(15)12-11(7-8)17(13(18)16-12)9-4-2-1-3-5-9/h6-7,9H,1-5H2,(H,16,18). The topological polar surface area (TPSA) is 20.7 Å². The molecule has 0 atom stereocenters. The third-order valence-corrected chi connectivity index (χ3v) is 3.98. The lowest BCUT2D eigenvalue weighted by atomic mass is 9.95. The highest BCUT2D eigenvalue weighted by molar-refractivity contribution is 7.71. The Morgan fingerprint density at radius 3 is 2.61 bits per heavy atom. The van der Waals surface area contributed by atoms with Crippen LogP contribution in [0.2, 0.25) is 0 Å². The SMILES string of the molecule is Fc1cc(F)c2[nH]c(=S)n(C3CCCCC3)c2c1. The van der Waals surface area contributed by atoms with Crippen LogP contribution in [-0.2, 0) is 0 Å². The molecule has 1 aromatic heterocycles. The zero-order valence-corrected chi connectivity index (χ0v) is 10.7. The van der Waals surface area contributed by atoms with Crippen LogP contribution in [0.1, 0.15) is 38.1 Å². The summed E-state index contributed by atoms with van der Waals surface area (Å²) >= 11 is 5.25. The molecule has 1 aliphatic rings. The number of aromatic nitrogens is 2. The Balaban J connectivity index is 2.21. The van der Waals surface area contributed by atoms with Crippen molar-refractivity contribution in [1.29, 1.82) is 0 Å². The molecular formula is C13H14F2N2S. The van der Waals surface area contributed by atoms with Gasteiger partial charge in [0.15, 0.2) is 10.6 Å². The van der Waals surface area contributed by atoms with Gasteiger partial charge >= 0.3 is 0 Å². The molecule has 1 heterocycles. The van der Waals surface area contributed by atoms with Crippen molar-refractivity contribution in [3.05, 3.63) is 28.5 Å². The number of imidazole rings is 1. The summed E-state index contributed by atoms with van der Waals surface area (Å²) < 4.78 is 29.4. The van der Waals surface area contributed by atoms with Crippen LogP contribution in [0.3, 0.4) is 0 Å². The molecule has 5 heteroatoms. The molecule has 1 fully saturated rings. The van der Waals surface area contributed by atoms with E-state index >= 15 is 0 Å². The van der Waals surface area contributed by atoms with Gasteiger partial charge in [-0.25, -0.2) is 8.78 Å². The van der Waals surface area contributed by atoms with Crippen molar-refractivity contribution in [2.24, 2.45) is 0 Å². The fourth-order valence-corrected chi connectivity index (χ4v) is 3.20. The van der Waals surface area contributed by atoms with E-state index in [9.17, 15) is 8.78 Å². The summed E-state index contributed by atoms with van der Waals surface area (Å²) in [5.74, 6) is -1.13. The van der Waals surface area contributed by atoms with Crippen molar-refractivity contribution in [3.8, 4) is 0 Å². The fraction of sp³-hybridized carbons (Fsp3) is 0.462. The largest absolute Gasteiger partial charge is 0.328 e. The van der Waals surface area contributed by atoms with Gasteiger partial charge in [0.25, 0.3) is 0 Å². The van der Waals surface area contributed by atoms with Crippen molar-refractivity contribution in [3.63, 3.8) is 0 Å². The van der Waals surface area contributed by atoms with Gasteiger partial charge in [-0.1, -0.05) is 19.3 Å². The third-order valence-electron chi connectivity index (χ3n) is 3.68. The highest BCUT2D eigenvalue weighted by atomic mass is 32.1. The van der Waals surface area contributed by atoms with Crippen LogP contribution < -0.4 is 0 Å². The van der Waals surface area contributed by atoms with Crippen molar-refractivity contribution >= 4 is 23.3 Å². The van der Waals surface area contributed by atoms with Crippen LogP contribution in [-0.4, -0.2) is 9.55 Å². The van der Waals surface area contributed by atoms with Crippen LogP contribution in [0.4, 0.5) is 8.78 Å². The fourth-order valence-electron chi connectivity index (χ4n) is 2.85. The van der Waals surface area contributed by atoms with Crippen LogP contribution in [0, 0.1) is 16.4 Å². The van der Waals surface area contributed by atoms with E-state index < -0.39 is 11.6 Å². The van der Waals surface area contributed by atoms with Crippen LogP contribution in [0.25, 0.3) is 11.0 Å². The molecule has 0 amide bonds. The monoisotopic (exact) mass is 268 g/mol. The number of nitrogens with zero attached hydrogens (tertiary/aromatic N) is 1. The summed E-state index contributed by atoms with van der Waals surface area (Å²) in [4.78, 5) is 2.86. The molecule has 0 radical (unpaired) electrons. The van der Waals surface area contributed by atoms with Crippen molar-refractivity contribution in [2.45, 2.75) is 38.1 Å². The highest BCUT2D eigenvalue weighted by Gasteiger charge is 2.20. The van der Waals surface area contributed by atoms with Gasteiger partial charge in [-0.05, 0) is 31.1 Å². The number of hydrogen-bond acceptors (Lipinski definition) is 1. The van der Waals surface area contributed by atoms with Gasteiger partial charge in [0, 0.05) is 12.1 Å². The molecule has 2 nitrogen and oxygen atoms in total. The molecule has 18 heavy (non-hydrogen) atoms. The average molecular weight is 268 g/mol. The zero-order valence-electron chi connectivity index (χ0n) is 9.88. The Morgan fingerprint density at radius 1 is 1.17 bits per heavy atom. The maximum Gasteiger partial charge on any atom is 0.178 e. The number of aromatic amines is 1. The molecule has 2 aromatic rings. The van der Waals surface area contributed by atoms with E-state index in [1.54, 1.807) is 0 Å². The lowest BCUT2D eigenvalue weighted by Gasteiger charge is -2.23. The second-order valence-electron chi connectivity index (χ2n) is 4.87. The molecule has 0 saturated heterocycles. The average Bonchev–Trinajstić information content (AvgIpc) is 2.67. The number of H-pyrrole nitrogens is 1. The molecule has 0 bridgehead atoms. The summed E-state index contributed by atoms with van der Waals surface area (Å²) in [6, 6.07) is 2.51. The minimum Gasteiger partial charge on any atom is -0.328 e. The first-order chi connectivity index (χ1) is 8.66. The highest BCUT2D eigenvalue weighted by Crippen LogP contribution is 2.32. The van der Waals surface area contributed by atoms with E-state index in [-0.39, 0.29) is 6.04 Å². The van der Waals surface area contributed by atoms with Crippen molar-refractivity contribution < 1.29 is 8.78 Å². The maximum atomic E-state index is 13.7. The van der Waals surface area contributed by atoms with E-state index in [0.717, 1.165) is 31.7 Å². The molecule has 1 aliphatic carbocycles. The minimum atomic E-state index is -0.578. The molecule has 3 rings (SSSR count). The van der Waals surface area contributed by atoms with E-state index in [4.69, 9.17) is 12.2 Å². The van der Waals surface area contributed by atoms with E-state index in [2.05, 4.69) is 4.98 Å². The quantitative estimate of drug-likeness (QED) is 0.756. The van der Waals surface area contributed by atoms with E-state index in [0.29, 0.717) is 15.8 Å². The number of rotatable bonds is 1. The summed E-state index contributed by atoms with van der Waals surface area (Å²) in [6.45, 7) is 0. The number of halogens is 2. The molecule has 1 saturated carbocycles. The predicted molar refractivity (Wildman–Crippen MR) is 69.2 cm³/mol. The predicted octanol–water partition coefficient (Wildman–Crippen LogP) is 4.48. The molecular weight excluding hydrogens is 254 g/mol. The molecule has 0 spiro atoms. The first-order valence-electron chi connectivity index (χ1n) is 6.26. The second kappa shape index (κ2) is 4.46. The summed E-state index contributed by atoms with van der Waals surface area (Å²) in [5, 5.41) is 0. The Hall–Kier alpha value is -1.23. The summed E-state index contributed by atoms with van der Waals surface area (Å²) in [5.41, 5.74) is 0.858. The van der Waals surface area contributed by atoms with Gasteiger partial charge in [-0.2, -0.15) is 0 Å². The van der Waals surface area contributed by atoms with Crippen LogP contribution in [0.5, 0.6) is 0 Å². The van der Waals surface area contributed by atoms with Gasteiger partial charge in [0.05, 0.1) is 5.52 Å².